The molecule has 0 spiro atoms. The highest BCUT2D eigenvalue weighted by Gasteiger charge is 2.22. The molecule has 1 aromatic carbocycles. The fraction of sp³-hybridized carbons (Fsp3) is 0.500. The van der Waals surface area contributed by atoms with Crippen molar-refractivity contribution in [3.63, 3.8) is 0 Å². The van der Waals surface area contributed by atoms with Crippen molar-refractivity contribution in [3.8, 4) is 0 Å². The minimum Gasteiger partial charge on any atom is -0.395 e. The lowest BCUT2D eigenvalue weighted by Crippen LogP contribution is -2.47. The number of halogens is 3. The highest BCUT2D eigenvalue weighted by molar-refractivity contribution is 5.49. The SMILES string of the molecule is OCCN1CCN(c2c(F)cc(F)cc2F)CC1. The molecule has 0 unspecified atom stereocenters. The van der Waals surface area contributed by atoms with Crippen molar-refractivity contribution in [2.75, 3.05) is 44.2 Å². The first-order valence-corrected chi connectivity index (χ1v) is 5.84. The van der Waals surface area contributed by atoms with Crippen LogP contribution in [0.1, 0.15) is 0 Å². The first-order valence-electron chi connectivity index (χ1n) is 5.84. The van der Waals surface area contributed by atoms with Crippen molar-refractivity contribution >= 4 is 5.69 Å². The van der Waals surface area contributed by atoms with E-state index in [2.05, 4.69) is 0 Å². The predicted octanol–water partition coefficient (Wildman–Crippen LogP) is 1.22. The highest BCUT2D eigenvalue weighted by Crippen LogP contribution is 2.25. The molecule has 0 atom stereocenters. The number of hydrogen-bond acceptors (Lipinski definition) is 3. The van der Waals surface area contributed by atoms with Crippen LogP contribution in [0.25, 0.3) is 0 Å². The van der Waals surface area contributed by atoms with E-state index < -0.39 is 17.5 Å². The summed E-state index contributed by atoms with van der Waals surface area (Å²) in [6, 6.07) is 1.39. The van der Waals surface area contributed by atoms with Gasteiger partial charge in [0, 0.05) is 44.9 Å². The Kier molecular flexibility index (Phi) is 4.08. The van der Waals surface area contributed by atoms with E-state index in [1.165, 1.54) is 0 Å². The lowest BCUT2D eigenvalue weighted by Gasteiger charge is -2.35. The molecule has 6 heteroatoms. The number of piperazine rings is 1. The van der Waals surface area contributed by atoms with Crippen molar-refractivity contribution in [1.82, 2.24) is 4.90 Å². The Morgan fingerprint density at radius 1 is 1.00 bits per heavy atom. The third-order valence-corrected chi connectivity index (χ3v) is 3.09. The zero-order valence-corrected chi connectivity index (χ0v) is 9.87. The van der Waals surface area contributed by atoms with E-state index in [1.54, 1.807) is 4.90 Å². The molecule has 0 saturated carbocycles. The van der Waals surface area contributed by atoms with E-state index in [-0.39, 0.29) is 12.3 Å². The number of nitrogens with zero attached hydrogens (tertiary/aromatic N) is 2. The van der Waals surface area contributed by atoms with Crippen LogP contribution < -0.4 is 4.90 Å². The van der Waals surface area contributed by atoms with Crippen LogP contribution in [0, 0.1) is 17.5 Å². The molecule has 0 bridgehead atoms. The predicted molar refractivity (Wildman–Crippen MR) is 62.1 cm³/mol. The van der Waals surface area contributed by atoms with E-state index in [0.717, 1.165) is 0 Å². The zero-order valence-electron chi connectivity index (χ0n) is 9.87. The summed E-state index contributed by atoms with van der Waals surface area (Å²) in [5, 5.41) is 8.80. The molecule has 0 aliphatic carbocycles. The Balaban J connectivity index is 2.10. The van der Waals surface area contributed by atoms with Gasteiger partial charge in [0.15, 0.2) is 11.6 Å². The number of rotatable bonds is 3. The summed E-state index contributed by atoms with van der Waals surface area (Å²) in [6.07, 6.45) is 0. The molecule has 1 heterocycles. The molecule has 0 radical (unpaired) electrons. The van der Waals surface area contributed by atoms with E-state index in [0.29, 0.717) is 44.9 Å². The third-order valence-electron chi connectivity index (χ3n) is 3.09. The van der Waals surface area contributed by atoms with Crippen LogP contribution in [0.15, 0.2) is 12.1 Å². The van der Waals surface area contributed by atoms with Gasteiger partial charge in [0.25, 0.3) is 0 Å². The summed E-state index contributed by atoms with van der Waals surface area (Å²) in [5.74, 6) is -2.65. The van der Waals surface area contributed by atoms with Crippen molar-refractivity contribution in [2.45, 2.75) is 0 Å². The number of anilines is 1. The Morgan fingerprint density at radius 3 is 2.06 bits per heavy atom. The second-order valence-electron chi connectivity index (χ2n) is 4.27. The molecule has 1 aromatic rings. The molecule has 100 valence electrons. The number of aliphatic hydroxyl groups is 1. The van der Waals surface area contributed by atoms with Gasteiger partial charge in [0.1, 0.15) is 11.5 Å². The first kappa shape index (κ1) is 13.2. The molecule has 1 aliphatic rings. The summed E-state index contributed by atoms with van der Waals surface area (Å²) in [4.78, 5) is 3.58. The fourth-order valence-corrected chi connectivity index (χ4v) is 2.17. The monoisotopic (exact) mass is 260 g/mol. The van der Waals surface area contributed by atoms with Crippen molar-refractivity contribution < 1.29 is 18.3 Å². The second-order valence-corrected chi connectivity index (χ2v) is 4.27. The van der Waals surface area contributed by atoms with Gasteiger partial charge in [-0.2, -0.15) is 0 Å². The molecule has 1 fully saturated rings. The standard InChI is InChI=1S/C12H15F3N2O/c13-9-7-10(14)12(11(15)8-9)17-3-1-16(2-4-17)5-6-18/h7-8,18H,1-6H2. The molecule has 1 saturated heterocycles. The summed E-state index contributed by atoms with van der Waals surface area (Å²) in [5.41, 5.74) is -0.167. The van der Waals surface area contributed by atoms with Gasteiger partial charge >= 0.3 is 0 Å². The Morgan fingerprint density at radius 2 is 1.56 bits per heavy atom. The first-order chi connectivity index (χ1) is 8.61. The van der Waals surface area contributed by atoms with Crippen molar-refractivity contribution in [3.05, 3.63) is 29.6 Å². The molecular weight excluding hydrogens is 245 g/mol. The summed E-state index contributed by atoms with van der Waals surface area (Å²) in [7, 11) is 0. The maximum atomic E-state index is 13.6. The molecule has 1 aliphatic heterocycles. The molecule has 1 N–H and O–H groups in total. The van der Waals surface area contributed by atoms with Crippen LogP contribution in [-0.2, 0) is 0 Å². The maximum absolute atomic E-state index is 13.6. The average Bonchev–Trinajstić information content (AvgIpc) is 2.30. The Hall–Kier alpha value is -1.27. The van der Waals surface area contributed by atoms with Gasteiger partial charge in [0.2, 0.25) is 0 Å². The Labute approximate surface area is 103 Å². The van der Waals surface area contributed by atoms with Gasteiger partial charge in [-0.1, -0.05) is 0 Å². The minimum absolute atomic E-state index is 0.0687. The largest absolute Gasteiger partial charge is 0.395 e. The third kappa shape index (κ3) is 2.76. The minimum atomic E-state index is -0.910. The van der Waals surface area contributed by atoms with Gasteiger partial charge in [-0.05, 0) is 0 Å². The second kappa shape index (κ2) is 5.58. The van der Waals surface area contributed by atoms with Crippen LogP contribution in [0.3, 0.4) is 0 Å². The molecular formula is C12H15F3N2O. The fourth-order valence-electron chi connectivity index (χ4n) is 2.17. The van der Waals surface area contributed by atoms with E-state index in [1.807, 2.05) is 4.90 Å². The lowest BCUT2D eigenvalue weighted by atomic mass is 10.2. The van der Waals surface area contributed by atoms with Gasteiger partial charge in [-0.25, -0.2) is 13.2 Å². The van der Waals surface area contributed by atoms with Crippen LogP contribution in [0.2, 0.25) is 0 Å². The topological polar surface area (TPSA) is 26.7 Å². The van der Waals surface area contributed by atoms with E-state index in [4.69, 9.17) is 5.11 Å². The van der Waals surface area contributed by atoms with Crippen LogP contribution in [-0.4, -0.2) is 49.3 Å². The quantitative estimate of drug-likeness (QED) is 0.885. The van der Waals surface area contributed by atoms with Crippen LogP contribution >= 0.6 is 0 Å². The molecule has 18 heavy (non-hydrogen) atoms. The van der Waals surface area contributed by atoms with Crippen LogP contribution in [0.4, 0.5) is 18.9 Å². The highest BCUT2D eigenvalue weighted by atomic mass is 19.1. The van der Waals surface area contributed by atoms with Crippen molar-refractivity contribution in [1.29, 1.82) is 0 Å². The van der Waals surface area contributed by atoms with Gasteiger partial charge in [-0.15, -0.1) is 0 Å². The van der Waals surface area contributed by atoms with Gasteiger partial charge in [0.05, 0.1) is 6.61 Å². The summed E-state index contributed by atoms with van der Waals surface area (Å²) < 4.78 is 39.9. The smallest absolute Gasteiger partial charge is 0.152 e. The lowest BCUT2D eigenvalue weighted by molar-refractivity contribution is 0.188. The molecule has 0 aromatic heterocycles. The number of hydrogen-bond donors (Lipinski definition) is 1. The van der Waals surface area contributed by atoms with Gasteiger partial charge in [-0.3, -0.25) is 4.90 Å². The average molecular weight is 260 g/mol. The van der Waals surface area contributed by atoms with Crippen LogP contribution in [0.5, 0.6) is 0 Å². The normalized spacial score (nSPS) is 17.2. The summed E-state index contributed by atoms with van der Waals surface area (Å²) in [6.45, 7) is 2.79. The number of β-amino-alcohol motifs (C(OH)–C–C–N with tert-alkyl or cyclic N) is 1. The number of benzene rings is 1. The number of aliphatic hydroxyl groups excluding tert-OH is 1. The Bertz CT molecular complexity index is 397. The van der Waals surface area contributed by atoms with Gasteiger partial charge < -0.3 is 10.0 Å². The summed E-state index contributed by atoms with van der Waals surface area (Å²) >= 11 is 0. The van der Waals surface area contributed by atoms with E-state index in [9.17, 15) is 13.2 Å². The molecule has 3 nitrogen and oxygen atoms in total. The van der Waals surface area contributed by atoms with E-state index >= 15 is 0 Å². The van der Waals surface area contributed by atoms with Crippen molar-refractivity contribution in [2.24, 2.45) is 0 Å². The molecule has 2 rings (SSSR count). The maximum Gasteiger partial charge on any atom is 0.152 e. The molecule has 0 amide bonds. The zero-order chi connectivity index (χ0) is 13.1.